The van der Waals surface area contributed by atoms with Gasteiger partial charge in [-0.2, -0.15) is 0 Å². The standard InChI is InChI=1S/C22H33N3O3/c1-4-25-15-22(2,3)28-21(27)19(25)18(20(23)26)17-10-12-24(13-11-17)14-16-8-6-5-7-9-16/h5-9,17-19H,4,10-15H2,1-3H3,(H2,23,26). The number of piperidine rings is 1. The quantitative estimate of drug-likeness (QED) is 0.756. The number of nitrogens with zero attached hydrogens (tertiary/aromatic N) is 2. The van der Waals surface area contributed by atoms with Crippen molar-refractivity contribution in [3.63, 3.8) is 0 Å². The van der Waals surface area contributed by atoms with Crippen LogP contribution in [0, 0.1) is 11.8 Å². The molecular weight excluding hydrogens is 354 g/mol. The monoisotopic (exact) mass is 387 g/mol. The lowest BCUT2D eigenvalue weighted by atomic mass is 9.77. The Morgan fingerprint density at radius 3 is 2.46 bits per heavy atom. The summed E-state index contributed by atoms with van der Waals surface area (Å²) < 4.78 is 5.64. The fourth-order valence-electron chi connectivity index (χ4n) is 4.74. The van der Waals surface area contributed by atoms with Gasteiger partial charge in [-0.1, -0.05) is 37.3 Å². The number of hydrogen-bond donors (Lipinski definition) is 1. The lowest BCUT2D eigenvalue weighted by Crippen LogP contribution is -2.62. The van der Waals surface area contributed by atoms with Crippen molar-refractivity contribution in [1.29, 1.82) is 0 Å². The molecule has 0 saturated carbocycles. The zero-order valence-electron chi connectivity index (χ0n) is 17.3. The van der Waals surface area contributed by atoms with Gasteiger partial charge in [-0.3, -0.25) is 19.4 Å². The number of morpholine rings is 1. The van der Waals surface area contributed by atoms with Crippen LogP contribution in [0.3, 0.4) is 0 Å². The Hall–Kier alpha value is -1.92. The lowest BCUT2D eigenvalue weighted by molar-refractivity contribution is -0.184. The molecule has 154 valence electrons. The van der Waals surface area contributed by atoms with Gasteiger partial charge in [-0.25, -0.2) is 0 Å². The van der Waals surface area contributed by atoms with Crippen molar-refractivity contribution in [3.8, 4) is 0 Å². The Balaban J connectivity index is 1.68. The van der Waals surface area contributed by atoms with Gasteiger partial charge in [0.1, 0.15) is 11.6 Å². The summed E-state index contributed by atoms with van der Waals surface area (Å²) in [5.41, 5.74) is 6.57. The summed E-state index contributed by atoms with van der Waals surface area (Å²) in [5.74, 6) is -1.09. The number of esters is 1. The molecule has 1 aromatic carbocycles. The highest BCUT2D eigenvalue weighted by Gasteiger charge is 2.48. The van der Waals surface area contributed by atoms with Crippen molar-refractivity contribution >= 4 is 11.9 Å². The molecule has 2 heterocycles. The van der Waals surface area contributed by atoms with Crippen LogP contribution in [-0.2, 0) is 20.9 Å². The Labute approximate surface area is 168 Å². The highest BCUT2D eigenvalue weighted by molar-refractivity contribution is 5.87. The molecule has 0 aliphatic carbocycles. The van der Waals surface area contributed by atoms with Gasteiger partial charge in [0, 0.05) is 13.1 Å². The second-order valence-corrected chi connectivity index (χ2v) is 8.72. The van der Waals surface area contributed by atoms with Crippen molar-refractivity contribution in [2.75, 3.05) is 26.2 Å². The summed E-state index contributed by atoms with van der Waals surface area (Å²) in [6, 6.07) is 9.84. The Bertz CT molecular complexity index is 684. The molecule has 2 unspecified atom stereocenters. The van der Waals surface area contributed by atoms with E-state index in [0.29, 0.717) is 13.1 Å². The number of amides is 1. The van der Waals surface area contributed by atoms with E-state index in [-0.39, 0.29) is 17.8 Å². The van der Waals surface area contributed by atoms with Crippen LogP contribution in [0.5, 0.6) is 0 Å². The maximum absolute atomic E-state index is 12.8. The van der Waals surface area contributed by atoms with Crippen molar-refractivity contribution in [3.05, 3.63) is 35.9 Å². The maximum atomic E-state index is 12.8. The molecule has 6 nitrogen and oxygen atoms in total. The van der Waals surface area contributed by atoms with Gasteiger partial charge >= 0.3 is 5.97 Å². The van der Waals surface area contributed by atoms with Crippen molar-refractivity contribution in [1.82, 2.24) is 9.80 Å². The SMILES string of the molecule is CCN1CC(C)(C)OC(=O)C1C(C(N)=O)C1CCN(Cc2ccccc2)CC1. The molecule has 2 fully saturated rings. The second kappa shape index (κ2) is 8.62. The fourth-order valence-corrected chi connectivity index (χ4v) is 4.74. The van der Waals surface area contributed by atoms with E-state index in [1.165, 1.54) is 5.56 Å². The van der Waals surface area contributed by atoms with E-state index in [9.17, 15) is 9.59 Å². The predicted molar refractivity (Wildman–Crippen MR) is 108 cm³/mol. The number of rotatable bonds is 6. The average molecular weight is 388 g/mol. The predicted octanol–water partition coefficient (Wildman–Crippen LogP) is 2.03. The smallest absolute Gasteiger partial charge is 0.324 e. The van der Waals surface area contributed by atoms with Gasteiger partial charge in [0.25, 0.3) is 0 Å². The number of benzene rings is 1. The molecule has 2 aliphatic rings. The molecule has 2 aliphatic heterocycles. The minimum absolute atomic E-state index is 0.109. The van der Waals surface area contributed by atoms with Gasteiger partial charge in [-0.05, 0) is 57.8 Å². The molecule has 1 aromatic rings. The first-order chi connectivity index (χ1) is 13.3. The van der Waals surface area contributed by atoms with Crippen LogP contribution in [0.15, 0.2) is 30.3 Å². The summed E-state index contributed by atoms with van der Waals surface area (Å²) in [6.07, 6.45) is 1.73. The third-order valence-electron chi connectivity index (χ3n) is 6.06. The number of nitrogens with two attached hydrogens (primary N) is 1. The van der Waals surface area contributed by atoms with Gasteiger partial charge in [-0.15, -0.1) is 0 Å². The van der Waals surface area contributed by atoms with E-state index in [1.807, 2.05) is 26.8 Å². The summed E-state index contributed by atoms with van der Waals surface area (Å²) in [4.78, 5) is 29.7. The number of carbonyl (C=O) groups is 2. The molecule has 0 bridgehead atoms. The van der Waals surface area contributed by atoms with E-state index in [2.05, 4.69) is 34.1 Å². The molecule has 0 aromatic heterocycles. The molecule has 2 saturated heterocycles. The number of hydrogen-bond acceptors (Lipinski definition) is 5. The van der Waals surface area contributed by atoms with Crippen LogP contribution in [0.25, 0.3) is 0 Å². The molecule has 2 atom stereocenters. The average Bonchev–Trinajstić information content (AvgIpc) is 2.65. The highest BCUT2D eigenvalue weighted by Crippen LogP contribution is 2.34. The maximum Gasteiger partial charge on any atom is 0.324 e. The topological polar surface area (TPSA) is 75.9 Å². The van der Waals surface area contributed by atoms with E-state index in [0.717, 1.165) is 32.5 Å². The molecule has 28 heavy (non-hydrogen) atoms. The summed E-state index contributed by atoms with van der Waals surface area (Å²) >= 11 is 0. The number of likely N-dealkylation sites (N-methyl/N-ethyl adjacent to an activating group) is 1. The Kier molecular flexibility index (Phi) is 6.40. The largest absolute Gasteiger partial charge is 0.457 e. The van der Waals surface area contributed by atoms with Crippen LogP contribution in [0.2, 0.25) is 0 Å². The van der Waals surface area contributed by atoms with Crippen LogP contribution in [-0.4, -0.2) is 59.5 Å². The number of cyclic esters (lactones) is 1. The zero-order chi connectivity index (χ0) is 20.3. The van der Waals surface area contributed by atoms with Gasteiger partial charge < -0.3 is 10.5 Å². The van der Waals surface area contributed by atoms with Gasteiger partial charge in [0.2, 0.25) is 5.91 Å². The van der Waals surface area contributed by atoms with Crippen molar-refractivity contribution < 1.29 is 14.3 Å². The summed E-state index contributed by atoms with van der Waals surface area (Å²) in [7, 11) is 0. The fraction of sp³-hybridized carbons (Fsp3) is 0.636. The zero-order valence-corrected chi connectivity index (χ0v) is 17.3. The van der Waals surface area contributed by atoms with Gasteiger partial charge in [0.05, 0.1) is 5.92 Å². The van der Waals surface area contributed by atoms with E-state index in [4.69, 9.17) is 10.5 Å². The summed E-state index contributed by atoms with van der Waals surface area (Å²) in [6.45, 7) is 9.87. The highest BCUT2D eigenvalue weighted by atomic mass is 16.6. The number of primary amides is 1. The Morgan fingerprint density at radius 1 is 1.25 bits per heavy atom. The lowest BCUT2D eigenvalue weighted by Gasteiger charge is -2.46. The normalized spacial score (nSPS) is 25.2. The molecule has 1 amide bonds. The number of ether oxygens (including phenoxy) is 1. The number of carbonyl (C=O) groups excluding carboxylic acids is 2. The third-order valence-corrected chi connectivity index (χ3v) is 6.06. The first kappa shape index (κ1) is 20.8. The minimum atomic E-state index is -0.568. The van der Waals surface area contributed by atoms with Crippen LogP contribution >= 0.6 is 0 Å². The molecule has 0 radical (unpaired) electrons. The Morgan fingerprint density at radius 2 is 1.89 bits per heavy atom. The minimum Gasteiger partial charge on any atom is -0.457 e. The first-order valence-electron chi connectivity index (χ1n) is 10.3. The first-order valence-corrected chi connectivity index (χ1v) is 10.3. The van der Waals surface area contributed by atoms with E-state index in [1.54, 1.807) is 0 Å². The molecule has 3 rings (SSSR count). The molecule has 6 heteroatoms. The second-order valence-electron chi connectivity index (χ2n) is 8.72. The number of likely N-dealkylation sites (tertiary alicyclic amines) is 1. The van der Waals surface area contributed by atoms with Crippen LogP contribution in [0.4, 0.5) is 0 Å². The summed E-state index contributed by atoms with van der Waals surface area (Å²) in [5, 5.41) is 0. The molecule has 2 N–H and O–H groups in total. The van der Waals surface area contributed by atoms with Gasteiger partial charge in [0.15, 0.2) is 0 Å². The van der Waals surface area contributed by atoms with E-state index < -0.39 is 17.6 Å². The van der Waals surface area contributed by atoms with Crippen LogP contribution in [0.1, 0.15) is 39.2 Å². The van der Waals surface area contributed by atoms with Crippen molar-refractivity contribution in [2.45, 2.75) is 51.8 Å². The molecule has 0 spiro atoms. The van der Waals surface area contributed by atoms with Crippen LogP contribution < -0.4 is 5.73 Å². The third kappa shape index (κ3) is 4.73. The molecular formula is C22H33N3O3. The van der Waals surface area contributed by atoms with Crippen molar-refractivity contribution in [2.24, 2.45) is 17.6 Å². The van der Waals surface area contributed by atoms with E-state index >= 15 is 0 Å².